The first-order valence-electron chi connectivity index (χ1n) is 5.97. The van der Waals surface area contributed by atoms with Crippen LogP contribution in [0.5, 0.6) is 0 Å². The molecule has 1 heterocycles. The van der Waals surface area contributed by atoms with Gasteiger partial charge in [-0.3, -0.25) is 0 Å². The van der Waals surface area contributed by atoms with E-state index in [4.69, 9.17) is 0 Å². The molecule has 1 N–H and O–H groups in total. The van der Waals surface area contributed by atoms with E-state index in [1.807, 2.05) is 0 Å². The van der Waals surface area contributed by atoms with Crippen LogP contribution >= 0.6 is 0 Å². The van der Waals surface area contributed by atoms with E-state index in [1.165, 1.54) is 7.11 Å². The van der Waals surface area contributed by atoms with Crippen molar-refractivity contribution in [1.82, 2.24) is 10.2 Å². The number of carbonyl (C=O) groups excluding carboxylic acids is 1. The minimum atomic E-state index is -0.311. The van der Waals surface area contributed by atoms with Gasteiger partial charge in [0, 0.05) is 25.7 Å². The Bertz CT molecular complexity index is 228. The summed E-state index contributed by atoms with van der Waals surface area (Å²) in [6.07, 6.45) is 1.73. The van der Waals surface area contributed by atoms with Gasteiger partial charge in [-0.2, -0.15) is 0 Å². The predicted molar refractivity (Wildman–Crippen MR) is 64.5 cm³/mol. The molecule has 4 heteroatoms. The SMILES string of the molecule is COC(=O)NC1CCN(CC(C)(C)C)CC1. The van der Waals surface area contributed by atoms with Gasteiger partial charge in [0.15, 0.2) is 0 Å². The van der Waals surface area contributed by atoms with Gasteiger partial charge in [-0.25, -0.2) is 4.79 Å². The maximum absolute atomic E-state index is 11.0. The van der Waals surface area contributed by atoms with Gasteiger partial charge in [-0.15, -0.1) is 0 Å². The topological polar surface area (TPSA) is 41.6 Å². The van der Waals surface area contributed by atoms with Crippen LogP contribution in [-0.4, -0.2) is 43.8 Å². The summed E-state index contributed by atoms with van der Waals surface area (Å²) < 4.78 is 4.60. The Morgan fingerprint density at radius 3 is 2.38 bits per heavy atom. The molecule has 1 fully saturated rings. The van der Waals surface area contributed by atoms with Crippen LogP contribution in [0.2, 0.25) is 0 Å². The van der Waals surface area contributed by atoms with E-state index in [0.29, 0.717) is 5.41 Å². The number of ether oxygens (including phenoxy) is 1. The zero-order valence-electron chi connectivity index (χ0n) is 10.9. The highest BCUT2D eigenvalue weighted by Gasteiger charge is 2.23. The fraction of sp³-hybridized carbons (Fsp3) is 0.917. The molecular formula is C12H24N2O2. The van der Waals surface area contributed by atoms with E-state index in [9.17, 15) is 4.79 Å². The van der Waals surface area contributed by atoms with Crippen molar-refractivity contribution in [3.05, 3.63) is 0 Å². The van der Waals surface area contributed by atoms with Crippen LogP contribution in [-0.2, 0) is 4.74 Å². The Balaban J connectivity index is 2.26. The number of hydrogen-bond acceptors (Lipinski definition) is 3. The third kappa shape index (κ3) is 4.84. The summed E-state index contributed by atoms with van der Waals surface area (Å²) in [5.74, 6) is 0. The fourth-order valence-electron chi connectivity index (χ4n) is 2.13. The highest BCUT2D eigenvalue weighted by atomic mass is 16.5. The second-order valence-corrected chi connectivity index (χ2v) is 5.75. The molecule has 1 amide bonds. The molecule has 1 aliphatic heterocycles. The molecule has 0 radical (unpaired) electrons. The van der Waals surface area contributed by atoms with Crippen molar-refractivity contribution < 1.29 is 9.53 Å². The number of likely N-dealkylation sites (tertiary alicyclic amines) is 1. The fourth-order valence-corrected chi connectivity index (χ4v) is 2.13. The van der Waals surface area contributed by atoms with E-state index in [1.54, 1.807) is 0 Å². The normalized spacial score (nSPS) is 19.5. The number of piperidine rings is 1. The number of alkyl carbamates (subject to hydrolysis) is 1. The number of methoxy groups -OCH3 is 1. The Labute approximate surface area is 98.3 Å². The third-order valence-electron chi connectivity index (χ3n) is 2.79. The molecule has 1 aliphatic rings. The van der Waals surface area contributed by atoms with Gasteiger partial charge in [0.05, 0.1) is 7.11 Å². The number of amides is 1. The lowest BCUT2D eigenvalue weighted by Crippen LogP contribution is -2.46. The molecule has 0 aromatic carbocycles. The van der Waals surface area contributed by atoms with Crippen molar-refractivity contribution in [3.8, 4) is 0 Å². The van der Waals surface area contributed by atoms with E-state index in [2.05, 4.69) is 35.7 Å². The van der Waals surface area contributed by atoms with Gasteiger partial charge < -0.3 is 15.0 Å². The quantitative estimate of drug-likeness (QED) is 0.784. The summed E-state index contributed by atoms with van der Waals surface area (Å²) in [7, 11) is 1.41. The summed E-state index contributed by atoms with van der Waals surface area (Å²) in [6.45, 7) is 10.0. The van der Waals surface area contributed by atoms with Crippen molar-refractivity contribution >= 4 is 6.09 Å². The Morgan fingerprint density at radius 2 is 1.94 bits per heavy atom. The van der Waals surface area contributed by atoms with Gasteiger partial charge >= 0.3 is 6.09 Å². The van der Waals surface area contributed by atoms with Crippen molar-refractivity contribution in [2.24, 2.45) is 5.41 Å². The number of rotatable bonds is 2. The molecule has 0 aliphatic carbocycles. The largest absolute Gasteiger partial charge is 0.453 e. The molecule has 4 nitrogen and oxygen atoms in total. The molecule has 94 valence electrons. The molecule has 0 atom stereocenters. The lowest BCUT2D eigenvalue weighted by atomic mass is 9.94. The van der Waals surface area contributed by atoms with Crippen LogP contribution in [0, 0.1) is 5.41 Å². The number of hydrogen-bond donors (Lipinski definition) is 1. The standard InChI is InChI=1S/C12H24N2O2/c1-12(2,3)9-14-7-5-10(6-8-14)13-11(15)16-4/h10H,5-9H2,1-4H3,(H,13,15). The molecule has 0 saturated carbocycles. The maximum atomic E-state index is 11.0. The second kappa shape index (κ2) is 5.53. The van der Waals surface area contributed by atoms with E-state index in [-0.39, 0.29) is 12.1 Å². The average molecular weight is 228 g/mol. The van der Waals surface area contributed by atoms with Crippen LogP contribution < -0.4 is 5.32 Å². The van der Waals surface area contributed by atoms with Gasteiger partial charge in [0.1, 0.15) is 0 Å². The summed E-state index contributed by atoms with van der Waals surface area (Å²) in [6, 6.07) is 0.281. The summed E-state index contributed by atoms with van der Waals surface area (Å²) in [5, 5.41) is 2.86. The minimum Gasteiger partial charge on any atom is -0.453 e. The summed E-state index contributed by atoms with van der Waals surface area (Å²) in [5.41, 5.74) is 0.350. The molecule has 0 aromatic rings. The minimum absolute atomic E-state index is 0.281. The van der Waals surface area contributed by atoms with Gasteiger partial charge in [0.25, 0.3) is 0 Å². The van der Waals surface area contributed by atoms with Crippen LogP contribution in [0.15, 0.2) is 0 Å². The lowest BCUT2D eigenvalue weighted by molar-refractivity contribution is 0.133. The van der Waals surface area contributed by atoms with E-state index >= 15 is 0 Å². The van der Waals surface area contributed by atoms with Crippen molar-refractivity contribution in [1.29, 1.82) is 0 Å². The number of carbonyl (C=O) groups is 1. The highest BCUT2D eigenvalue weighted by Crippen LogP contribution is 2.19. The molecule has 0 unspecified atom stereocenters. The predicted octanol–water partition coefficient (Wildman–Crippen LogP) is 1.85. The molecule has 0 bridgehead atoms. The van der Waals surface area contributed by atoms with Crippen LogP contribution in [0.4, 0.5) is 4.79 Å². The lowest BCUT2D eigenvalue weighted by Gasteiger charge is -2.35. The monoisotopic (exact) mass is 228 g/mol. The van der Waals surface area contributed by atoms with Crippen molar-refractivity contribution in [2.75, 3.05) is 26.7 Å². The molecular weight excluding hydrogens is 204 g/mol. The molecule has 16 heavy (non-hydrogen) atoms. The van der Waals surface area contributed by atoms with Gasteiger partial charge in [-0.1, -0.05) is 20.8 Å². The smallest absolute Gasteiger partial charge is 0.407 e. The van der Waals surface area contributed by atoms with Crippen LogP contribution in [0.3, 0.4) is 0 Å². The summed E-state index contributed by atoms with van der Waals surface area (Å²) >= 11 is 0. The van der Waals surface area contributed by atoms with E-state index < -0.39 is 0 Å². The molecule has 1 saturated heterocycles. The van der Waals surface area contributed by atoms with Crippen LogP contribution in [0.25, 0.3) is 0 Å². The second-order valence-electron chi connectivity index (χ2n) is 5.75. The van der Waals surface area contributed by atoms with Gasteiger partial charge in [0.2, 0.25) is 0 Å². The molecule has 1 rings (SSSR count). The summed E-state index contributed by atoms with van der Waals surface area (Å²) in [4.78, 5) is 13.5. The first-order chi connectivity index (χ1) is 7.40. The van der Waals surface area contributed by atoms with E-state index in [0.717, 1.165) is 32.5 Å². The van der Waals surface area contributed by atoms with Gasteiger partial charge in [-0.05, 0) is 18.3 Å². The average Bonchev–Trinajstić information content (AvgIpc) is 2.18. The Morgan fingerprint density at radius 1 is 1.38 bits per heavy atom. The van der Waals surface area contributed by atoms with Crippen molar-refractivity contribution in [3.63, 3.8) is 0 Å². The highest BCUT2D eigenvalue weighted by molar-refractivity contribution is 5.67. The first kappa shape index (κ1) is 13.3. The Kier molecular flexibility index (Phi) is 4.59. The maximum Gasteiger partial charge on any atom is 0.407 e. The number of nitrogens with one attached hydrogen (secondary N) is 1. The molecule has 0 spiro atoms. The first-order valence-corrected chi connectivity index (χ1v) is 5.97. The zero-order valence-corrected chi connectivity index (χ0v) is 10.9. The third-order valence-corrected chi connectivity index (χ3v) is 2.79. The van der Waals surface area contributed by atoms with Crippen LogP contribution in [0.1, 0.15) is 33.6 Å². The zero-order chi connectivity index (χ0) is 12.2. The molecule has 0 aromatic heterocycles. The van der Waals surface area contributed by atoms with Crippen molar-refractivity contribution in [2.45, 2.75) is 39.7 Å². The Hall–Kier alpha value is -0.770. The number of nitrogens with zero attached hydrogens (tertiary/aromatic N) is 1.